The minimum Gasteiger partial charge on any atom is -0.496 e. The molecule has 0 heterocycles. The maximum atomic E-state index is 11.6. The highest BCUT2D eigenvalue weighted by Crippen LogP contribution is 2.19. The van der Waals surface area contributed by atoms with E-state index in [4.69, 9.17) is 4.74 Å². The minimum absolute atomic E-state index is 0.0178. The summed E-state index contributed by atoms with van der Waals surface area (Å²) in [7, 11) is 1.61. The van der Waals surface area contributed by atoms with Crippen LogP contribution in [-0.2, 0) is 0 Å². The first-order valence-corrected chi connectivity index (χ1v) is 4.41. The highest BCUT2D eigenvalue weighted by molar-refractivity contribution is 6.08. The van der Waals surface area contributed by atoms with E-state index in [1.165, 1.54) is 0 Å². The molecule has 2 nitrogen and oxygen atoms in total. The lowest BCUT2D eigenvalue weighted by Crippen LogP contribution is -2.00. The van der Waals surface area contributed by atoms with E-state index >= 15 is 0 Å². The molecule has 1 rings (SSSR count). The summed E-state index contributed by atoms with van der Waals surface area (Å²) in [6, 6.07) is 5.37. The number of hydrogen-bond acceptors (Lipinski definition) is 2. The fraction of sp³-hybridized carbons (Fsp3) is 0.250. The van der Waals surface area contributed by atoms with Crippen LogP contribution in [0.15, 0.2) is 30.4 Å². The zero-order valence-corrected chi connectivity index (χ0v) is 8.76. The van der Waals surface area contributed by atoms with E-state index in [9.17, 15) is 4.79 Å². The largest absolute Gasteiger partial charge is 0.496 e. The van der Waals surface area contributed by atoms with Gasteiger partial charge in [-0.25, -0.2) is 0 Å². The summed E-state index contributed by atoms with van der Waals surface area (Å²) in [5.41, 5.74) is 2.17. The molecule has 1 aromatic rings. The zero-order chi connectivity index (χ0) is 10.7. The molecule has 0 radical (unpaired) electrons. The lowest BCUT2D eigenvalue weighted by Gasteiger charge is -2.06. The molecule has 0 aromatic heterocycles. The van der Waals surface area contributed by atoms with Crippen molar-refractivity contribution in [1.29, 1.82) is 0 Å². The van der Waals surface area contributed by atoms with Crippen molar-refractivity contribution in [3.8, 4) is 5.75 Å². The number of benzene rings is 1. The van der Waals surface area contributed by atoms with Crippen LogP contribution in [0.2, 0.25) is 0 Å². The molecular weight excluding hydrogens is 176 g/mol. The third kappa shape index (κ3) is 2.02. The minimum atomic E-state index is -0.0178. The maximum Gasteiger partial charge on any atom is 0.188 e. The van der Waals surface area contributed by atoms with Gasteiger partial charge in [0.1, 0.15) is 5.75 Å². The number of methoxy groups -OCH3 is 1. The highest BCUT2D eigenvalue weighted by atomic mass is 16.5. The third-order valence-electron chi connectivity index (χ3n) is 2.04. The van der Waals surface area contributed by atoms with Gasteiger partial charge in [0.15, 0.2) is 5.78 Å². The molecule has 0 unspecified atom stereocenters. The Morgan fingerprint density at radius 1 is 1.43 bits per heavy atom. The fourth-order valence-corrected chi connectivity index (χ4v) is 1.27. The Morgan fingerprint density at radius 3 is 2.50 bits per heavy atom. The van der Waals surface area contributed by atoms with Gasteiger partial charge in [-0.2, -0.15) is 0 Å². The molecule has 0 saturated heterocycles. The summed E-state index contributed by atoms with van der Waals surface area (Å²) < 4.78 is 5.11. The Kier molecular flexibility index (Phi) is 3.07. The van der Waals surface area contributed by atoms with Gasteiger partial charge in [0.2, 0.25) is 0 Å². The van der Waals surface area contributed by atoms with Gasteiger partial charge in [-0.3, -0.25) is 4.79 Å². The van der Waals surface area contributed by atoms with Crippen molar-refractivity contribution >= 4 is 5.78 Å². The van der Waals surface area contributed by atoms with Crippen molar-refractivity contribution in [3.05, 3.63) is 41.5 Å². The van der Waals surface area contributed by atoms with Crippen LogP contribution < -0.4 is 4.74 Å². The molecule has 0 atom stereocenters. The van der Waals surface area contributed by atoms with Crippen LogP contribution in [0.5, 0.6) is 5.75 Å². The van der Waals surface area contributed by atoms with Crippen molar-refractivity contribution in [2.75, 3.05) is 7.11 Å². The second kappa shape index (κ2) is 4.09. The van der Waals surface area contributed by atoms with E-state index in [1.54, 1.807) is 26.2 Å². The molecule has 0 bridgehead atoms. The van der Waals surface area contributed by atoms with E-state index < -0.39 is 0 Å². The van der Waals surface area contributed by atoms with Gasteiger partial charge < -0.3 is 4.74 Å². The Labute approximate surface area is 84.2 Å². The Bertz CT molecular complexity index is 378. The van der Waals surface area contributed by atoms with Crippen LogP contribution in [0.3, 0.4) is 0 Å². The number of carbonyl (C=O) groups excluding carboxylic acids is 1. The van der Waals surface area contributed by atoms with E-state index in [0.717, 1.165) is 11.3 Å². The molecule has 14 heavy (non-hydrogen) atoms. The second-order valence-electron chi connectivity index (χ2n) is 3.29. The van der Waals surface area contributed by atoms with Crippen molar-refractivity contribution in [3.63, 3.8) is 0 Å². The van der Waals surface area contributed by atoms with Gasteiger partial charge in [0, 0.05) is 5.56 Å². The summed E-state index contributed by atoms with van der Waals surface area (Å²) in [5, 5.41) is 0. The van der Waals surface area contributed by atoms with Crippen molar-refractivity contribution < 1.29 is 9.53 Å². The molecule has 0 N–H and O–H groups in total. The Morgan fingerprint density at radius 2 is 2.07 bits per heavy atom. The number of hydrogen-bond donors (Lipinski definition) is 0. The predicted octanol–water partition coefficient (Wildman–Crippen LogP) is 2.76. The molecular formula is C12H14O2. The number of ketones is 1. The quantitative estimate of drug-likeness (QED) is 0.541. The molecule has 0 saturated carbocycles. The average molecular weight is 190 g/mol. The second-order valence-corrected chi connectivity index (χ2v) is 3.29. The molecule has 0 amide bonds. The van der Waals surface area contributed by atoms with Gasteiger partial charge in [-0.15, -0.1) is 0 Å². The van der Waals surface area contributed by atoms with E-state index in [2.05, 4.69) is 6.58 Å². The van der Waals surface area contributed by atoms with E-state index in [-0.39, 0.29) is 5.78 Å². The number of carbonyl (C=O) groups is 1. The van der Waals surface area contributed by atoms with Crippen molar-refractivity contribution in [2.24, 2.45) is 0 Å². The maximum absolute atomic E-state index is 11.6. The van der Waals surface area contributed by atoms with Gasteiger partial charge in [-0.05, 0) is 43.2 Å². The van der Waals surface area contributed by atoms with Crippen molar-refractivity contribution in [1.82, 2.24) is 0 Å². The van der Waals surface area contributed by atoms with E-state index in [0.29, 0.717) is 11.1 Å². The van der Waals surface area contributed by atoms with Gasteiger partial charge in [-0.1, -0.05) is 6.58 Å². The summed E-state index contributed by atoms with van der Waals surface area (Å²) in [6.45, 7) is 7.24. The standard InChI is InChI=1S/C12H14O2/c1-8(2)12(13)10-5-6-11(14-4)9(3)7-10/h5-7H,1H2,2-4H3. The molecule has 0 aliphatic carbocycles. The molecule has 0 fully saturated rings. The van der Waals surface area contributed by atoms with Crippen LogP contribution >= 0.6 is 0 Å². The lowest BCUT2D eigenvalue weighted by molar-refractivity contribution is 0.103. The lowest BCUT2D eigenvalue weighted by atomic mass is 10.0. The van der Waals surface area contributed by atoms with Gasteiger partial charge in [0.25, 0.3) is 0 Å². The first-order chi connectivity index (χ1) is 6.56. The van der Waals surface area contributed by atoms with Crippen LogP contribution in [0, 0.1) is 6.92 Å². The fourth-order valence-electron chi connectivity index (χ4n) is 1.27. The summed E-state index contributed by atoms with van der Waals surface area (Å²) in [6.07, 6.45) is 0. The molecule has 0 aliphatic rings. The SMILES string of the molecule is C=C(C)C(=O)c1ccc(OC)c(C)c1. The van der Waals surface area contributed by atoms with Crippen LogP contribution in [-0.4, -0.2) is 12.9 Å². The summed E-state index contributed by atoms with van der Waals surface area (Å²) in [5.74, 6) is 0.777. The number of aryl methyl sites for hydroxylation is 1. The summed E-state index contributed by atoms with van der Waals surface area (Å²) >= 11 is 0. The zero-order valence-electron chi connectivity index (χ0n) is 8.76. The Balaban J connectivity index is 3.09. The monoisotopic (exact) mass is 190 g/mol. The third-order valence-corrected chi connectivity index (χ3v) is 2.04. The summed E-state index contributed by atoms with van der Waals surface area (Å²) in [4.78, 5) is 11.6. The van der Waals surface area contributed by atoms with Crippen LogP contribution in [0.25, 0.3) is 0 Å². The molecule has 1 aromatic carbocycles. The number of ether oxygens (including phenoxy) is 1. The topological polar surface area (TPSA) is 26.3 Å². The smallest absolute Gasteiger partial charge is 0.188 e. The first kappa shape index (κ1) is 10.5. The number of Topliss-reactive ketones (excluding diaryl/α,β-unsaturated/α-hetero) is 1. The number of allylic oxidation sites excluding steroid dienone is 1. The predicted molar refractivity (Wildman–Crippen MR) is 56.9 cm³/mol. The first-order valence-electron chi connectivity index (χ1n) is 4.41. The molecule has 0 aliphatic heterocycles. The van der Waals surface area contributed by atoms with E-state index in [1.807, 2.05) is 13.0 Å². The van der Waals surface area contributed by atoms with Crippen LogP contribution in [0.1, 0.15) is 22.8 Å². The molecule has 2 heteroatoms. The normalized spacial score (nSPS) is 9.64. The van der Waals surface area contributed by atoms with Crippen LogP contribution in [0.4, 0.5) is 0 Å². The number of rotatable bonds is 3. The molecule has 0 spiro atoms. The highest BCUT2D eigenvalue weighted by Gasteiger charge is 2.07. The van der Waals surface area contributed by atoms with Gasteiger partial charge >= 0.3 is 0 Å². The van der Waals surface area contributed by atoms with Gasteiger partial charge in [0.05, 0.1) is 7.11 Å². The Hall–Kier alpha value is -1.57. The van der Waals surface area contributed by atoms with Crippen molar-refractivity contribution in [2.45, 2.75) is 13.8 Å². The average Bonchev–Trinajstić information content (AvgIpc) is 2.16. The molecule has 74 valence electrons.